The minimum atomic E-state index is -0.417. The van der Waals surface area contributed by atoms with Crippen LogP contribution in [0.5, 0.6) is 5.75 Å². The average molecular weight is 243 g/mol. The highest BCUT2D eigenvalue weighted by molar-refractivity contribution is 5.59. The number of anilines is 2. The van der Waals surface area contributed by atoms with Gasteiger partial charge in [0.25, 0.3) is 0 Å². The van der Waals surface area contributed by atoms with Crippen molar-refractivity contribution in [1.29, 1.82) is 5.26 Å². The SMILES string of the molecule is COc1ccc(F)c(Nc2cccc(C#N)n2)c1. The second-order valence-electron chi connectivity index (χ2n) is 3.49. The van der Waals surface area contributed by atoms with Crippen molar-refractivity contribution in [3.8, 4) is 11.8 Å². The normalized spacial score (nSPS) is 9.61. The number of aromatic nitrogens is 1. The molecule has 1 aromatic carbocycles. The molecule has 0 aliphatic carbocycles. The molecule has 0 aliphatic heterocycles. The Kier molecular flexibility index (Phi) is 3.39. The average Bonchev–Trinajstić information content (AvgIpc) is 2.41. The van der Waals surface area contributed by atoms with Crippen molar-refractivity contribution in [2.75, 3.05) is 12.4 Å². The summed E-state index contributed by atoms with van der Waals surface area (Å²) in [4.78, 5) is 4.00. The Morgan fingerprint density at radius 3 is 2.89 bits per heavy atom. The van der Waals surface area contributed by atoms with Crippen LogP contribution >= 0.6 is 0 Å². The van der Waals surface area contributed by atoms with E-state index < -0.39 is 5.82 Å². The first-order valence-corrected chi connectivity index (χ1v) is 5.20. The van der Waals surface area contributed by atoms with Crippen LogP contribution in [-0.4, -0.2) is 12.1 Å². The molecule has 1 N–H and O–H groups in total. The molecule has 0 saturated heterocycles. The summed E-state index contributed by atoms with van der Waals surface area (Å²) in [6.45, 7) is 0. The van der Waals surface area contributed by atoms with E-state index in [0.717, 1.165) is 0 Å². The topological polar surface area (TPSA) is 57.9 Å². The lowest BCUT2D eigenvalue weighted by Gasteiger charge is -2.08. The second-order valence-corrected chi connectivity index (χ2v) is 3.49. The van der Waals surface area contributed by atoms with Gasteiger partial charge >= 0.3 is 0 Å². The van der Waals surface area contributed by atoms with Crippen molar-refractivity contribution in [2.45, 2.75) is 0 Å². The number of ether oxygens (including phenoxy) is 1. The van der Waals surface area contributed by atoms with Gasteiger partial charge in [0.15, 0.2) is 0 Å². The third-order valence-corrected chi connectivity index (χ3v) is 2.30. The quantitative estimate of drug-likeness (QED) is 0.900. The molecule has 0 atom stereocenters. The molecule has 1 heterocycles. The summed E-state index contributed by atoms with van der Waals surface area (Å²) in [6, 6.07) is 11.2. The number of nitrogens with zero attached hydrogens (tertiary/aromatic N) is 2. The molecule has 0 spiro atoms. The Labute approximate surface area is 104 Å². The molecule has 0 radical (unpaired) electrons. The lowest BCUT2D eigenvalue weighted by atomic mass is 10.2. The van der Waals surface area contributed by atoms with Gasteiger partial charge in [-0.05, 0) is 24.3 Å². The molecule has 2 aromatic rings. The van der Waals surface area contributed by atoms with Crippen LogP contribution in [0.3, 0.4) is 0 Å². The summed E-state index contributed by atoms with van der Waals surface area (Å²) in [5, 5.41) is 11.5. The minimum Gasteiger partial charge on any atom is -0.497 e. The fourth-order valence-electron chi connectivity index (χ4n) is 1.43. The molecule has 0 amide bonds. The van der Waals surface area contributed by atoms with Crippen molar-refractivity contribution >= 4 is 11.5 Å². The first-order valence-electron chi connectivity index (χ1n) is 5.20. The number of rotatable bonds is 3. The van der Waals surface area contributed by atoms with E-state index in [1.54, 1.807) is 18.2 Å². The van der Waals surface area contributed by atoms with Crippen molar-refractivity contribution in [3.05, 3.63) is 47.9 Å². The highest BCUT2D eigenvalue weighted by Gasteiger charge is 2.05. The van der Waals surface area contributed by atoms with Crippen molar-refractivity contribution in [3.63, 3.8) is 0 Å². The van der Waals surface area contributed by atoms with Gasteiger partial charge < -0.3 is 10.1 Å². The monoisotopic (exact) mass is 243 g/mol. The predicted octanol–water partition coefficient (Wildman–Crippen LogP) is 2.84. The zero-order chi connectivity index (χ0) is 13.0. The van der Waals surface area contributed by atoms with Gasteiger partial charge in [0.05, 0.1) is 12.8 Å². The van der Waals surface area contributed by atoms with Crippen LogP contribution in [0.4, 0.5) is 15.9 Å². The molecule has 5 heteroatoms. The standard InChI is InChI=1S/C13H10FN3O/c1-18-10-5-6-11(14)12(7-10)17-13-4-2-3-9(8-15)16-13/h2-7H,1H3,(H,16,17). The van der Waals surface area contributed by atoms with Gasteiger partial charge in [0, 0.05) is 6.07 Å². The predicted molar refractivity (Wildman–Crippen MR) is 65.2 cm³/mol. The van der Waals surface area contributed by atoms with Gasteiger partial charge in [0.2, 0.25) is 0 Å². The Hall–Kier alpha value is -2.61. The second kappa shape index (κ2) is 5.15. The van der Waals surface area contributed by atoms with E-state index in [-0.39, 0.29) is 11.4 Å². The zero-order valence-corrected chi connectivity index (χ0v) is 9.64. The van der Waals surface area contributed by atoms with Crippen LogP contribution < -0.4 is 10.1 Å². The molecule has 0 bridgehead atoms. The molecule has 4 nitrogen and oxygen atoms in total. The van der Waals surface area contributed by atoms with E-state index in [4.69, 9.17) is 10.00 Å². The summed E-state index contributed by atoms with van der Waals surface area (Å²) in [6.07, 6.45) is 0. The van der Waals surface area contributed by atoms with Gasteiger partial charge in [0.1, 0.15) is 29.1 Å². The number of methoxy groups -OCH3 is 1. The summed E-state index contributed by atoms with van der Waals surface area (Å²) in [5.41, 5.74) is 0.514. The number of hydrogen-bond donors (Lipinski definition) is 1. The van der Waals surface area contributed by atoms with Crippen LogP contribution in [-0.2, 0) is 0 Å². The van der Waals surface area contributed by atoms with Crippen LogP contribution in [0.15, 0.2) is 36.4 Å². The van der Waals surface area contributed by atoms with Crippen LogP contribution in [0.1, 0.15) is 5.69 Å². The maximum absolute atomic E-state index is 13.6. The number of nitrogens with one attached hydrogen (secondary N) is 1. The number of halogens is 1. The van der Waals surface area contributed by atoms with Crippen molar-refractivity contribution < 1.29 is 9.13 Å². The molecule has 90 valence electrons. The fraction of sp³-hybridized carbons (Fsp3) is 0.0769. The molecular weight excluding hydrogens is 233 g/mol. The third kappa shape index (κ3) is 2.55. The molecular formula is C13H10FN3O. The Balaban J connectivity index is 2.30. The van der Waals surface area contributed by atoms with Gasteiger partial charge in [-0.15, -0.1) is 0 Å². The van der Waals surface area contributed by atoms with Gasteiger partial charge in [-0.3, -0.25) is 0 Å². The first-order chi connectivity index (χ1) is 8.72. The third-order valence-electron chi connectivity index (χ3n) is 2.30. The summed E-state index contributed by atoms with van der Waals surface area (Å²) in [7, 11) is 1.51. The van der Waals surface area contributed by atoms with Crippen molar-refractivity contribution in [1.82, 2.24) is 4.98 Å². The maximum atomic E-state index is 13.6. The first kappa shape index (κ1) is 11.9. The number of benzene rings is 1. The minimum absolute atomic E-state index is 0.247. The highest BCUT2D eigenvalue weighted by Crippen LogP contribution is 2.23. The summed E-state index contributed by atoms with van der Waals surface area (Å²) in [5.74, 6) is 0.525. The molecule has 0 aliphatic rings. The molecule has 0 fully saturated rings. The molecule has 2 rings (SSSR count). The molecule has 18 heavy (non-hydrogen) atoms. The smallest absolute Gasteiger partial charge is 0.146 e. The van der Waals surface area contributed by atoms with E-state index in [2.05, 4.69) is 10.3 Å². The van der Waals surface area contributed by atoms with Crippen LogP contribution in [0.25, 0.3) is 0 Å². The summed E-state index contributed by atoms with van der Waals surface area (Å²) >= 11 is 0. The molecule has 0 unspecified atom stereocenters. The van der Waals surface area contributed by atoms with E-state index in [9.17, 15) is 4.39 Å². The van der Waals surface area contributed by atoms with Crippen molar-refractivity contribution in [2.24, 2.45) is 0 Å². The van der Waals surface area contributed by atoms with E-state index in [1.807, 2.05) is 6.07 Å². The van der Waals surface area contributed by atoms with Crippen LogP contribution in [0.2, 0.25) is 0 Å². The molecule has 1 aromatic heterocycles. The Morgan fingerprint density at radius 2 is 2.17 bits per heavy atom. The lowest BCUT2D eigenvalue weighted by molar-refractivity contribution is 0.414. The fourth-order valence-corrected chi connectivity index (χ4v) is 1.43. The summed E-state index contributed by atoms with van der Waals surface area (Å²) < 4.78 is 18.6. The number of pyridine rings is 1. The van der Waals surface area contributed by atoms with Gasteiger partial charge in [-0.1, -0.05) is 6.07 Å². The Bertz CT molecular complexity index is 607. The van der Waals surface area contributed by atoms with E-state index in [0.29, 0.717) is 11.6 Å². The van der Waals surface area contributed by atoms with E-state index >= 15 is 0 Å². The highest BCUT2D eigenvalue weighted by atomic mass is 19.1. The number of nitriles is 1. The zero-order valence-electron chi connectivity index (χ0n) is 9.64. The van der Waals surface area contributed by atoms with E-state index in [1.165, 1.54) is 25.3 Å². The largest absolute Gasteiger partial charge is 0.497 e. The van der Waals surface area contributed by atoms with Crippen LogP contribution in [0, 0.1) is 17.1 Å². The van der Waals surface area contributed by atoms with Gasteiger partial charge in [-0.25, -0.2) is 9.37 Å². The maximum Gasteiger partial charge on any atom is 0.146 e. The van der Waals surface area contributed by atoms with Gasteiger partial charge in [-0.2, -0.15) is 5.26 Å². The lowest BCUT2D eigenvalue weighted by Crippen LogP contribution is -1.98. The Morgan fingerprint density at radius 1 is 1.33 bits per heavy atom. The number of hydrogen-bond acceptors (Lipinski definition) is 4. The molecule has 0 saturated carbocycles.